The van der Waals surface area contributed by atoms with E-state index in [0.29, 0.717) is 11.6 Å². The summed E-state index contributed by atoms with van der Waals surface area (Å²) in [5.74, 6) is -3.33. The Hall–Kier alpha value is -3.66. The minimum absolute atomic E-state index is 0.304. The highest BCUT2D eigenvalue weighted by molar-refractivity contribution is 9.10. The Balaban J connectivity index is 2.39. The van der Waals surface area contributed by atoms with Gasteiger partial charge in [0.05, 0.1) is 17.9 Å². The molecule has 1 heterocycles. The molecule has 3 amide bonds. The Morgan fingerprint density at radius 1 is 1.02 bits per heavy atom. The quantitative estimate of drug-likeness (QED) is 0.138. The maximum absolute atomic E-state index is 14.2. The highest BCUT2D eigenvalue weighted by Crippen LogP contribution is 2.39. The summed E-state index contributed by atoms with van der Waals surface area (Å²) in [5, 5.41) is 1.95. The van der Waals surface area contributed by atoms with E-state index in [2.05, 4.69) is 27.5 Å². The molecule has 224 valence electrons. The molecule has 1 aromatic heterocycles. The normalized spacial score (nSPS) is 13.5. The van der Waals surface area contributed by atoms with Gasteiger partial charge in [0.2, 0.25) is 5.60 Å². The van der Waals surface area contributed by atoms with Crippen LogP contribution in [0.1, 0.15) is 48.8 Å². The molecule has 0 fully saturated rings. The van der Waals surface area contributed by atoms with Crippen LogP contribution in [0.4, 0.5) is 36.8 Å². The zero-order valence-corrected chi connectivity index (χ0v) is 23.4. The number of anilines is 1. The molecule has 0 aliphatic rings. The third kappa shape index (κ3) is 8.91. The second-order valence-electron chi connectivity index (χ2n) is 9.35. The standard InChI is InChI=1S/C25H25BrF6N4O5/c1-5-11-23(25(30,31)32,40-13-14-9-7-6-8-10-14)20(38)36-35-19(37)17-16(33-21(39)41-22(2,3)4)12-15(18(26)34-17)24(27,28)29/h5-10,12H,1,11,13H2,2-4H3,(H,33,39)(H,35,37)(H,36,38)/t23-/m0/s1. The van der Waals surface area contributed by atoms with E-state index >= 15 is 0 Å². The van der Waals surface area contributed by atoms with E-state index in [1.165, 1.54) is 32.9 Å². The number of carbonyl (C=O) groups excluding carboxylic acids is 3. The van der Waals surface area contributed by atoms with Crippen molar-refractivity contribution in [1.82, 2.24) is 15.8 Å². The van der Waals surface area contributed by atoms with Gasteiger partial charge in [-0.05, 0) is 48.3 Å². The minimum atomic E-state index is -5.30. The van der Waals surface area contributed by atoms with Crippen molar-refractivity contribution in [2.75, 3.05) is 5.32 Å². The molecule has 1 atom stereocenters. The summed E-state index contributed by atoms with van der Waals surface area (Å²) < 4.78 is 92.0. The summed E-state index contributed by atoms with van der Waals surface area (Å²) in [7, 11) is 0. The van der Waals surface area contributed by atoms with Gasteiger partial charge >= 0.3 is 18.4 Å². The number of ether oxygens (including phenoxy) is 2. The highest BCUT2D eigenvalue weighted by Gasteiger charge is 2.61. The lowest BCUT2D eigenvalue weighted by Gasteiger charge is -2.33. The van der Waals surface area contributed by atoms with E-state index in [1.807, 2.05) is 5.32 Å². The van der Waals surface area contributed by atoms with Gasteiger partial charge in [0.25, 0.3) is 11.8 Å². The van der Waals surface area contributed by atoms with Crippen LogP contribution in [0.5, 0.6) is 0 Å². The number of aromatic nitrogens is 1. The first kappa shape index (κ1) is 33.5. The predicted octanol–water partition coefficient (Wildman–Crippen LogP) is 6.06. The van der Waals surface area contributed by atoms with Crippen molar-refractivity contribution in [3.05, 3.63) is 70.5 Å². The van der Waals surface area contributed by atoms with E-state index in [0.717, 1.165) is 6.08 Å². The summed E-state index contributed by atoms with van der Waals surface area (Å²) in [5.41, 5.74) is -4.14. The van der Waals surface area contributed by atoms with Gasteiger partial charge in [0.1, 0.15) is 10.2 Å². The number of hydrogen-bond acceptors (Lipinski definition) is 6. The van der Waals surface area contributed by atoms with Crippen LogP contribution in [0, 0.1) is 0 Å². The van der Waals surface area contributed by atoms with Gasteiger partial charge in [-0.2, -0.15) is 26.3 Å². The molecule has 2 rings (SSSR count). The zero-order chi connectivity index (χ0) is 31.2. The maximum atomic E-state index is 14.2. The van der Waals surface area contributed by atoms with Gasteiger partial charge in [-0.15, -0.1) is 6.58 Å². The van der Waals surface area contributed by atoms with Crippen molar-refractivity contribution >= 4 is 39.5 Å². The van der Waals surface area contributed by atoms with E-state index in [1.54, 1.807) is 29.1 Å². The summed E-state index contributed by atoms with van der Waals surface area (Å²) >= 11 is 2.58. The number of benzene rings is 1. The van der Waals surface area contributed by atoms with Gasteiger partial charge < -0.3 is 9.47 Å². The maximum Gasteiger partial charge on any atom is 0.427 e. The number of carbonyl (C=O) groups is 3. The molecule has 1 aromatic carbocycles. The number of halogens is 7. The molecule has 0 unspecified atom stereocenters. The number of hydrazine groups is 1. The molecule has 0 spiro atoms. The lowest BCUT2D eigenvalue weighted by molar-refractivity contribution is -0.270. The van der Waals surface area contributed by atoms with Crippen molar-refractivity contribution in [2.24, 2.45) is 0 Å². The predicted molar refractivity (Wildman–Crippen MR) is 137 cm³/mol. The summed E-state index contributed by atoms with van der Waals surface area (Å²) in [6.07, 6.45) is -11.8. The van der Waals surface area contributed by atoms with Crippen LogP contribution in [0.2, 0.25) is 0 Å². The first-order valence-corrected chi connectivity index (χ1v) is 12.3. The molecule has 9 nitrogen and oxygen atoms in total. The van der Waals surface area contributed by atoms with Gasteiger partial charge in [-0.3, -0.25) is 25.8 Å². The fraction of sp³-hybridized carbons (Fsp3) is 0.360. The zero-order valence-electron chi connectivity index (χ0n) is 21.8. The van der Waals surface area contributed by atoms with Crippen molar-refractivity contribution in [3.8, 4) is 0 Å². The molecule has 0 bridgehead atoms. The number of amides is 3. The highest BCUT2D eigenvalue weighted by atomic mass is 79.9. The fourth-order valence-electron chi connectivity index (χ4n) is 3.17. The summed E-state index contributed by atoms with van der Waals surface area (Å²) in [6, 6.07) is 7.98. The van der Waals surface area contributed by atoms with Crippen molar-refractivity contribution in [3.63, 3.8) is 0 Å². The van der Waals surface area contributed by atoms with Crippen LogP contribution in [0.25, 0.3) is 0 Å². The van der Waals surface area contributed by atoms with Gasteiger partial charge in [-0.25, -0.2) is 9.78 Å². The Morgan fingerprint density at radius 3 is 2.15 bits per heavy atom. The number of rotatable bonds is 8. The van der Waals surface area contributed by atoms with Crippen molar-refractivity contribution in [2.45, 2.75) is 57.4 Å². The molecule has 3 N–H and O–H groups in total. The summed E-state index contributed by atoms with van der Waals surface area (Å²) in [4.78, 5) is 41.4. The third-order valence-corrected chi connectivity index (χ3v) is 5.61. The lowest BCUT2D eigenvalue weighted by Crippen LogP contribution is -2.61. The number of nitrogens with one attached hydrogen (secondary N) is 3. The van der Waals surface area contributed by atoms with Crippen LogP contribution in [0.15, 0.2) is 53.7 Å². The van der Waals surface area contributed by atoms with Crippen LogP contribution in [0.3, 0.4) is 0 Å². The molecule has 41 heavy (non-hydrogen) atoms. The van der Waals surface area contributed by atoms with Gasteiger partial charge in [0.15, 0.2) is 5.69 Å². The van der Waals surface area contributed by atoms with Gasteiger partial charge in [-0.1, -0.05) is 36.4 Å². The van der Waals surface area contributed by atoms with E-state index < -0.39 is 76.0 Å². The largest absolute Gasteiger partial charge is 0.444 e. The molecular formula is C25H25BrF6N4O5. The summed E-state index contributed by atoms with van der Waals surface area (Å²) in [6.45, 7) is 6.98. The number of nitrogens with zero attached hydrogens (tertiary/aromatic N) is 1. The topological polar surface area (TPSA) is 119 Å². The van der Waals surface area contributed by atoms with Crippen LogP contribution in [-0.4, -0.2) is 40.3 Å². The van der Waals surface area contributed by atoms with E-state index in [-0.39, 0.29) is 0 Å². The SMILES string of the molecule is C=CC[C@](OCc1ccccc1)(C(=O)NNC(=O)c1nc(Br)c(C(F)(F)F)cc1NC(=O)OC(C)(C)C)C(F)(F)F. The van der Waals surface area contributed by atoms with Crippen molar-refractivity contribution < 1.29 is 50.2 Å². The molecule has 0 aliphatic carbocycles. The molecule has 0 saturated carbocycles. The minimum Gasteiger partial charge on any atom is -0.444 e. The molecular weight excluding hydrogens is 630 g/mol. The molecule has 0 saturated heterocycles. The molecule has 16 heteroatoms. The van der Waals surface area contributed by atoms with Gasteiger partial charge in [0, 0.05) is 6.42 Å². The molecule has 0 radical (unpaired) electrons. The van der Waals surface area contributed by atoms with E-state index in [4.69, 9.17) is 9.47 Å². The first-order chi connectivity index (χ1) is 18.8. The van der Waals surface area contributed by atoms with Crippen LogP contribution < -0.4 is 16.2 Å². The fourth-order valence-corrected chi connectivity index (χ4v) is 3.69. The molecule has 0 aliphatic heterocycles. The number of alkyl halides is 6. The smallest absolute Gasteiger partial charge is 0.427 e. The average Bonchev–Trinajstić information content (AvgIpc) is 2.83. The average molecular weight is 655 g/mol. The molecule has 2 aromatic rings. The van der Waals surface area contributed by atoms with E-state index in [9.17, 15) is 40.7 Å². The Morgan fingerprint density at radius 2 is 1.63 bits per heavy atom. The van der Waals surface area contributed by atoms with Crippen LogP contribution in [-0.2, 0) is 27.1 Å². The van der Waals surface area contributed by atoms with Crippen LogP contribution >= 0.6 is 15.9 Å². The second-order valence-corrected chi connectivity index (χ2v) is 10.1. The monoisotopic (exact) mass is 654 g/mol. The lowest BCUT2D eigenvalue weighted by atomic mass is 9.97. The second kappa shape index (κ2) is 12.9. The van der Waals surface area contributed by atoms with Crippen molar-refractivity contribution in [1.29, 1.82) is 0 Å². The number of hydrogen-bond donors (Lipinski definition) is 3. The number of pyridine rings is 1. The third-order valence-electron chi connectivity index (χ3n) is 5.01. The Kier molecular flexibility index (Phi) is 10.5. The first-order valence-electron chi connectivity index (χ1n) is 11.5. The Bertz CT molecular complexity index is 1280. The Labute approximate surface area is 238 Å².